The number of fused-ring (bicyclic) bond motifs is 1. The number of anilines is 1. The van der Waals surface area contributed by atoms with E-state index in [-0.39, 0.29) is 0 Å². The second-order valence-corrected chi connectivity index (χ2v) is 7.68. The van der Waals surface area contributed by atoms with E-state index >= 15 is 0 Å². The third-order valence-electron chi connectivity index (χ3n) is 3.49. The Kier molecular flexibility index (Phi) is 4.00. The molecule has 102 valence electrons. The molecule has 0 amide bonds. The van der Waals surface area contributed by atoms with Gasteiger partial charge in [-0.1, -0.05) is 19.1 Å². The zero-order chi connectivity index (χ0) is 13.9. The van der Waals surface area contributed by atoms with Crippen LogP contribution >= 0.6 is 23.1 Å². The Hall–Kier alpha value is -1.44. The number of thioether (sulfide) groups is 1. The second kappa shape index (κ2) is 5.90. The number of nitriles is 1. The van der Waals surface area contributed by atoms with Crippen LogP contribution < -0.4 is 5.32 Å². The van der Waals surface area contributed by atoms with Crippen molar-refractivity contribution >= 4 is 28.8 Å². The fraction of sp³-hybridized carbons (Fsp3) is 0.312. The Bertz CT molecular complexity index is 625. The van der Waals surface area contributed by atoms with Crippen molar-refractivity contribution in [1.82, 2.24) is 0 Å². The van der Waals surface area contributed by atoms with Crippen molar-refractivity contribution in [3.05, 3.63) is 46.8 Å². The van der Waals surface area contributed by atoms with Gasteiger partial charge in [0.2, 0.25) is 0 Å². The average molecular weight is 300 g/mol. The van der Waals surface area contributed by atoms with Crippen LogP contribution in [-0.4, -0.2) is 5.25 Å². The lowest BCUT2D eigenvalue weighted by Gasteiger charge is -2.28. The van der Waals surface area contributed by atoms with Gasteiger partial charge < -0.3 is 5.32 Å². The van der Waals surface area contributed by atoms with Crippen LogP contribution in [0, 0.1) is 11.3 Å². The summed E-state index contributed by atoms with van der Waals surface area (Å²) >= 11 is 3.82. The molecule has 0 radical (unpaired) electrons. The van der Waals surface area contributed by atoms with Gasteiger partial charge in [0.1, 0.15) is 0 Å². The van der Waals surface area contributed by atoms with Gasteiger partial charge >= 0.3 is 0 Å². The van der Waals surface area contributed by atoms with Crippen molar-refractivity contribution in [1.29, 1.82) is 5.26 Å². The van der Waals surface area contributed by atoms with Crippen LogP contribution in [0.2, 0.25) is 0 Å². The third kappa shape index (κ3) is 2.84. The molecule has 1 aliphatic heterocycles. The van der Waals surface area contributed by atoms with Gasteiger partial charge in [-0.05, 0) is 41.1 Å². The molecule has 1 aliphatic rings. The Morgan fingerprint density at radius 2 is 2.10 bits per heavy atom. The van der Waals surface area contributed by atoms with E-state index in [0.717, 1.165) is 17.7 Å². The zero-order valence-electron chi connectivity index (χ0n) is 11.3. The largest absolute Gasteiger partial charge is 0.378 e. The highest BCUT2D eigenvalue weighted by Gasteiger charge is 2.26. The maximum absolute atomic E-state index is 8.70. The van der Waals surface area contributed by atoms with E-state index < -0.39 is 0 Å². The topological polar surface area (TPSA) is 35.8 Å². The van der Waals surface area contributed by atoms with E-state index in [9.17, 15) is 0 Å². The summed E-state index contributed by atoms with van der Waals surface area (Å²) in [6.07, 6.45) is 1.63. The second-order valence-electron chi connectivity index (χ2n) is 5.06. The lowest BCUT2D eigenvalue weighted by Crippen LogP contribution is -2.18. The van der Waals surface area contributed by atoms with Crippen molar-refractivity contribution in [2.45, 2.75) is 35.3 Å². The van der Waals surface area contributed by atoms with Gasteiger partial charge in [-0.2, -0.15) is 5.26 Å². The van der Waals surface area contributed by atoms with E-state index in [1.807, 2.05) is 35.2 Å². The van der Waals surface area contributed by atoms with Gasteiger partial charge in [0, 0.05) is 10.9 Å². The molecule has 0 bridgehead atoms. The van der Waals surface area contributed by atoms with E-state index in [0.29, 0.717) is 17.7 Å². The maximum Gasteiger partial charge on any atom is 0.0669 e. The van der Waals surface area contributed by atoms with E-state index in [1.165, 1.54) is 9.77 Å². The molecule has 2 heterocycles. The van der Waals surface area contributed by atoms with Crippen molar-refractivity contribution in [3.63, 3.8) is 0 Å². The van der Waals surface area contributed by atoms with E-state index in [1.54, 1.807) is 0 Å². The van der Waals surface area contributed by atoms with E-state index in [4.69, 9.17) is 5.26 Å². The molecule has 20 heavy (non-hydrogen) atoms. The number of benzene rings is 1. The van der Waals surface area contributed by atoms with Gasteiger partial charge in [0.05, 0.1) is 22.7 Å². The monoisotopic (exact) mass is 300 g/mol. The molecule has 3 rings (SSSR count). The predicted octanol–water partition coefficient (Wildman–Crippen LogP) is 4.85. The Morgan fingerprint density at radius 3 is 2.85 bits per heavy atom. The predicted molar refractivity (Wildman–Crippen MR) is 86.4 cm³/mol. The fourth-order valence-corrected chi connectivity index (χ4v) is 5.06. The first-order valence-corrected chi connectivity index (χ1v) is 8.48. The lowest BCUT2D eigenvalue weighted by atomic mass is 10.0. The molecule has 2 aromatic rings. The van der Waals surface area contributed by atoms with Crippen molar-refractivity contribution in [2.75, 3.05) is 5.32 Å². The summed E-state index contributed by atoms with van der Waals surface area (Å²) in [5.74, 6) is 0. The molecule has 2 nitrogen and oxygen atoms in total. The molecule has 0 saturated carbocycles. The van der Waals surface area contributed by atoms with Crippen LogP contribution in [0.15, 0.2) is 39.9 Å². The molecule has 0 aliphatic carbocycles. The lowest BCUT2D eigenvalue weighted by molar-refractivity contribution is 0.670. The summed E-state index contributed by atoms with van der Waals surface area (Å²) in [7, 11) is 0. The molecule has 2 atom stereocenters. The molecule has 0 spiro atoms. The normalized spacial score (nSPS) is 21.0. The highest BCUT2D eigenvalue weighted by Crippen LogP contribution is 2.44. The molecule has 0 saturated heterocycles. The highest BCUT2D eigenvalue weighted by molar-refractivity contribution is 8.01. The smallest absolute Gasteiger partial charge is 0.0669 e. The summed E-state index contributed by atoms with van der Waals surface area (Å²) in [4.78, 5) is 0. The Labute approximate surface area is 127 Å². The quantitative estimate of drug-likeness (QED) is 0.880. The maximum atomic E-state index is 8.70. The summed E-state index contributed by atoms with van der Waals surface area (Å²) < 4.78 is 1.45. The minimum Gasteiger partial charge on any atom is -0.378 e. The first-order chi connectivity index (χ1) is 9.76. The summed E-state index contributed by atoms with van der Waals surface area (Å²) in [6, 6.07) is 13.0. The molecular formula is C16H16N2S2. The van der Waals surface area contributed by atoms with Crippen molar-refractivity contribution < 1.29 is 0 Å². The van der Waals surface area contributed by atoms with Gasteiger partial charge in [-0.15, -0.1) is 23.1 Å². The molecule has 1 aromatic heterocycles. The SMILES string of the molecule is C[C@H]1CC(Nc2ccc(CC#N)cc2)c2ccsc2S1. The van der Waals surface area contributed by atoms with Crippen LogP contribution in [0.3, 0.4) is 0 Å². The van der Waals surface area contributed by atoms with Crippen LogP contribution in [0.5, 0.6) is 0 Å². The van der Waals surface area contributed by atoms with Gasteiger partial charge in [0.25, 0.3) is 0 Å². The number of rotatable bonds is 3. The first-order valence-electron chi connectivity index (χ1n) is 6.72. The Balaban J connectivity index is 1.77. The molecule has 1 aromatic carbocycles. The first kappa shape index (κ1) is 13.5. The summed E-state index contributed by atoms with van der Waals surface area (Å²) in [6.45, 7) is 2.29. The molecular weight excluding hydrogens is 284 g/mol. The van der Waals surface area contributed by atoms with Crippen molar-refractivity contribution in [3.8, 4) is 6.07 Å². The van der Waals surface area contributed by atoms with Crippen molar-refractivity contribution in [2.24, 2.45) is 0 Å². The number of thiophene rings is 1. The molecule has 1 N–H and O–H groups in total. The summed E-state index contributed by atoms with van der Waals surface area (Å²) in [5.41, 5.74) is 3.63. The standard InChI is InChI=1S/C16H16N2S2/c1-11-10-15(14-7-9-19-16(14)20-11)18-13-4-2-12(3-5-13)6-8-17/h2-5,7,9,11,15,18H,6,10H2,1H3/t11-,15?/m0/s1. The van der Waals surface area contributed by atoms with Gasteiger partial charge in [0.15, 0.2) is 0 Å². The van der Waals surface area contributed by atoms with Gasteiger partial charge in [-0.3, -0.25) is 0 Å². The number of nitrogens with one attached hydrogen (secondary N) is 1. The van der Waals surface area contributed by atoms with Crippen LogP contribution in [0.1, 0.15) is 30.5 Å². The van der Waals surface area contributed by atoms with Gasteiger partial charge in [-0.25, -0.2) is 0 Å². The fourth-order valence-electron chi connectivity index (χ4n) is 2.50. The minimum atomic E-state index is 0.398. The zero-order valence-corrected chi connectivity index (χ0v) is 12.9. The summed E-state index contributed by atoms with van der Waals surface area (Å²) in [5, 5.41) is 15.2. The number of nitrogens with zero attached hydrogens (tertiary/aromatic N) is 1. The molecule has 4 heteroatoms. The minimum absolute atomic E-state index is 0.398. The van der Waals surface area contributed by atoms with Crippen LogP contribution in [0.25, 0.3) is 0 Å². The molecule has 1 unspecified atom stereocenters. The third-order valence-corrected chi connectivity index (χ3v) is 5.83. The van der Waals surface area contributed by atoms with Crippen LogP contribution in [0.4, 0.5) is 5.69 Å². The number of hydrogen-bond donors (Lipinski definition) is 1. The Morgan fingerprint density at radius 1 is 1.30 bits per heavy atom. The van der Waals surface area contributed by atoms with Crippen LogP contribution in [-0.2, 0) is 6.42 Å². The van der Waals surface area contributed by atoms with E-state index in [2.05, 4.69) is 41.9 Å². The number of hydrogen-bond acceptors (Lipinski definition) is 4. The highest BCUT2D eigenvalue weighted by atomic mass is 32.2. The average Bonchev–Trinajstić information content (AvgIpc) is 2.89. The molecule has 0 fully saturated rings.